The van der Waals surface area contributed by atoms with Crippen molar-refractivity contribution in [1.29, 1.82) is 0 Å². The summed E-state index contributed by atoms with van der Waals surface area (Å²) >= 11 is 0. The zero-order valence-electron chi connectivity index (χ0n) is 14.2. The molecule has 0 aromatic rings. The number of hydrogen-bond acceptors (Lipinski definition) is 2. The van der Waals surface area contributed by atoms with Gasteiger partial charge >= 0.3 is 0 Å². The van der Waals surface area contributed by atoms with Crippen molar-refractivity contribution in [2.45, 2.75) is 72.3 Å². The number of rotatable bonds is 3. The number of fused-ring (bicyclic) bond motifs is 2. The minimum absolute atomic E-state index is 0.174. The minimum atomic E-state index is -0.174. The van der Waals surface area contributed by atoms with E-state index in [9.17, 15) is 4.79 Å². The lowest BCUT2D eigenvalue weighted by atomic mass is 9.67. The number of carbonyl (C=O) groups excluding carboxylic acids is 1. The Labute approximate surface area is 129 Å². The van der Waals surface area contributed by atoms with Gasteiger partial charge in [-0.15, -0.1) is 0 Å². The quantitative estimate of drug-likeness (QED) is 0.839. The summed E-state index contributed by atoms with van der Waals surface area (Å²) in [6, 6.07) is 0.349. The normalized spacial score (nSPS) is 44.8. The molecule has 4 unspecified atom stereocenters. The van der Waals surface area contributed by atoms with Gasteiger partial charge in [-0.25, -0.2) is 0 Å². The maximum absolute atomic E-state index is 13.1. The molecule has 1 aliphatic heterocycles. The Kier molecular flexibility index (Phi) is 3.63. The monoisotopic (exact) mass is 292 g/mol. The van der Waals surface area contributed by atoms with Gasteiger partial charge in [0.25, 0.3) is 0 Å². The van der Waals surface area contributed by atoms with Crippen LogP contribution in [-0.2, 0) is 4.79 Å². The highest BCUT2D eigenvalue weighted by molar-refractivity contribution is 5.83. The van der Waals surface area contributed by atoms with Crippen LogP contribution in [0.15, 0.2) is 0 Å². The van der Waals surface area contributed by atoms with Crippen LogP contribution in [0.2, 0.25) is 0 Å². The molecule has 3 aliphatic rings. The molecule has 3 nitrogen and oxygen atoms in total. The van der Waals surface area contributed by atoms with E-state index in [1.165, 1.54) is 19.3 Å². The fourth-order valence-electron chi connectivity index (χ4n) is 5.57. The average Bonchev–Trinajstić information content (AvgIpc) is 2.95. The molecular formula is C18H32N2O. The molecule has 3 rings (SSSR count). The highest BCUT2D eigenvalue weighted by atomic mass is 16.2. The van der Waals surface area contributed by atoms with Gasteiger partial charge in [0.1, 0.15) is 0 Å². The van der Waals surface area contributed by atoms with Gasteiger partial charge in [-0.2, -0.15) is 0 Å². The third kappa shape index (κ3) is 2.23. The summed E-state index contributed by atoms with van der Waals surface area (Å²) in [5, 5.41) is 6.96. The van der Waals surface area contributed by atoms with E-state index in [1.807, 2.05) is 0 Å². The standard InChI is InChI=1S/C18H32N2O/c1-5-18(8-6-10-19-12-18)15(21)20-14-16(2,3)13-7-9-17(14,4)11-13/h13-14,19H,5-12H2,1-4H3,(H,20,21). The van der Waals surface area contributed by atoms with Gasteiger partial charge in [0.15, 0.2) is 0 Å². The second-order valence-corrected chi connectivity index (χ2v) is 8.74. The highest BCUT2D eigenvalue weighted by Gasteiger charge is 2.60. The Morgan fingerprint density at radius 2 is 2.05 bits per heavy atom. The van der Waals surface area contributed by atoms with E-state index in [2.05, 4.69) is 38.3 Å². The maximum Gasteiger partial charge on any atom is 0.227 e. The molecule has 0 spiro atoms. The second kappa shape index (κ2) is 4.97. The van der Waals surface area contributed by atoms with E-state index in [0.29, 0.717) is 17.4 Å². The van der Waals surface area contributed by atoms with E-state index in [4.69, 9.17) is 0 Å². The van der Waals surface area contributed by atoms with Crippen LogP contribution < -0.4 is 10.6 Å². The molecule has 3 fully saturated rings. The molecule has 3 heteroatoms. The Bertz CT molecular complexity index is 420. The largest absolute Gasteiger partial charge is 0.352 e. The minimum Gasteiger partial charge on any atom is -0.352 e. The highest BCUT2D eigenvalue weighted by Crippen LogP contribution is 2.62. The predicted molar refractivity (Wildman–Crippen MR) is 86.0 cm³/mol. The summed E-state index contributed by atoms with van der Waals surface area (Å²) in [5.74, 6) is 1.10. The fraction of sp³-hybridized carbons (Fsp3) is 0.944. The zero-order chi connectivity index (χ0) is 15.3. The number of carbonyl (C=O) groups is 1. The molecular weight excluding hydrogens is 260 g/mol. The Hall–Kier alpha value is -0.570. The molecule has 1 amide bonds. The lowest BCUT2D eigenvalue weighted by Crippen LogP contribution is -2.58. The Morgan fingerprint density at radius 3 is 2.57 bits per heavy atom. The van der Waals surface area contributed by atoms with Crippen molar-refractivity contribution >= 4 is 5.91 Å². The van der Waals surface area contributed by atoms with Crippen LogP contribution >= 0.6 is 0 Å². The van der Waals surface area contributed by atoms with Crippen molar-refractivity contribution in [1.82, 2.24) is 10.6 Å². The number of amides is 1. The molecule has 21 heavy (non-hydrogen) atoms. The van der Waals surface area contributed by atoms with Crippen LogP contribution in [0.25, 0.3) is 0 Å². The molecule has 2 saturated carbocycles. The molecule has 0 radical (unpaired) electrons. The molecule has 2 aliphatic carbocycles. The second-order valence-electron chi connectivity index (χ2n) is 8.74. The summed E-state index contributed by atoms with van der Waals surface area (Å²) in [6.45, 7) is 11.2. The molecule has 2 bridgehead atoms. The number of nitrogens with one attached hydrogen (secondary N) is 2. The van der Waals surface area contributed by atoms with Crippen molar-refractivity contribution in [3.63, 3.8) is 0 Å². The molecule has 0 aromatic carbocycles. The first-order valence-electron chi connectivity index (χ1n) is 8.86. The van der Waals surface area contributed by atoms with Crippen molar-refractivity contribution in [2.24, 2.45) is 22.2 Å². The van der Waals surface area contributed by atoms with Crippen LogP contribution in [-0.4, -0.2) is 25.0 Å². The summed E-state index contributed by atoms with van der Waals surface area (Å²) in [7, 11) is 0. The third-order valence-electron chi connectivity index (χ3n) is 7.18. The molecule has 4 atom stereocenters. The van der Waals surface area contributed by atoms with E-state index < -0.39 is 0 Å². The zero-order valence-corrected chi connectivity index (χ0v) is 14.2. The van der Waals surface area contributed by atoms with E-state index in [0.717, 1.165) is 38.3 Å². The fourth-order valence-corrected chi connectivity index (χ4v) is 5.57. The summed E-state index contributed by atoms with van der Waals surface area (Å²) in [6.07, 6.45) is 7.02. The topological polar surface area (TPSA) is 41.1 Å². The number of piperidine rings is 1. The summed E-state index contributed by atoms with van der Waals surface area (Å²) in [5.41, 5.74) is 0.396. The van der Waals surface area contributed by atoms with Crippen LogP contribution in [0.1, 0.15) is 66.2 Å². The third-order valence-corrected chi connectivity index (χ3v) is 7.18. The molecule has 1 saturated heterocycles. The lowest BCUT2D eigenvalue weighted by molar-refractivity contribution is -0.135. The van der Waals surface area contributed by atoms with E-state index >= 15 is 0 Å². The van der Waals surface area contributed by atoms with E-state index in [1.54, 1.807) is 0 Å². The molecule has 1 heterocycles. The predicted octanol–water partition coefficient (Wildman–Crippen LogP) is 3.10. The van der Waals surface area contributed by atoms with E-state index in [-0.39, 0.29) is 10.8 Å². The number of hydrogen-bond donors (Lipinski definition) is 2. The van der Waals surface area contributed by atoms with Crippen LogP contribution in [0.4, 0.5) is 0 Å². The van der Waals surface area contributed by atoms with Crippen LogP contribution in [0.3, 0.4) is 0 Å². The lowest BCUT2D eigenvalue weighted by Gasteiger charge is -2.45. The van der Waals surface area contributed by atoms with Crippen molar-refractivity contribution in [3.05, 3.63) is 0 Å². The van der Waals surface area contributed by atoms with Gasteiger partial charge in [0.2, 0.25) is 5.91 Å². The Morgan fingerprint density at radius 1 is 1.29 bits per heavy atom. The summed E-state index contributed by atoms with van der Waals surface area (Å²) in [4.78, 5) is 13.1. The van der Waals surface area contributed by atoms with Gasteiger partial charge in [-0.1, -0.05) is 27.7 Å². The SMILES string of the molecule is CCC1(C(=O)NC2C3(C)CCC(C3)C2(C)C)CCCNC1. The molecule has 0 aromatic heterocycles. The molecule has 120 valence electrons. The average molecular weight is 292 g/mol. The van der Waals surface area contributed by atoms with Crippen molar-refractivity contribution in [2.75, 3.05) is 13.1 Å². The first-order valence-corrected chi connectivity index (χ1v) is 8.86. The first-order chi connectivity index (χ1) is 9.84. The van der Waals surface area contributed by atoms with Gasteiger partial charge in [0.05, 0.1) is 5.41 Å². The van der Waals surface area contributed by atoms with Crippen LogP contribution in [0.5, 0.6) is 0 Å². The smallest absolute Gasteiger partial charge is 0.227 e. The van der Waals surface area contributed by atoms with Gasteiger partial charge in [-0.3, -0.25) is 4.79 Å². The van der Waals surface area contributed by atoms with Crippen LogP contribution in [0, 0.1) is 22.2 Å². The van der Waals surface area contributed by atoms with Gasteiger partial charge in [-0.05, 0) is 61.8 Å². The first kappa shape index (κ1) is 15.3. The van der Waals surface area contributed by atoms with Crippen molar-refractivity contribution in [3.8, 4) is 0 Å². The van der Waals surface area contributed by atoms with Crippen molar-refractivity contribution < 1.29 is 4.79 Å². The molecule has 2 N–H and O–H groups in total. The summed E-state index contributed by atoms with van der Waals surface area (Å²) < 4.78 is 0. The Balaban J connectivity index is 1.78. The van der Waals surface area contributed by atoms with Gasteiger partial charge < -0.3 is 10.6 Å². The van der Waals surface area contributed by atoms with Gasteiger partial charge in [0, 0.05) is 12.6 Å². The maximum atomic E-state index is 13.1.